The van der Waals surface area contributed by atoms with Crippen LogP contribution >= 0.6 is 0 Å². The quantitative estimate of drug-likeness (QED) is 0.736. The fourth-order valence-electron chi connectivity index (χ4n) is 3.76. The molecule has 0 unspecified atom stereocenters. The lowest BCUT2D eigenvalue weighted by Gasteiger charge is -2.35. The summed E-state index contributed by atoms with van der Waals surface area (Å²) in [6.07, 6.45) is 10.7. The van der Waals surface area contributed by atoms with Crippen molar-refractivity contribution < 1.29 is 0 Å². The van der Waals surface area contributed by atoms with Crippen LogP contribution in [0.15, 0.2) is 49.1 Å². The fourth-order valence-corrected chi connectivity index (χ4v) is 3.76. The summed E-state index contributed by atoms with van der Waals surface area (Å²) in [4.78, 5) is 9.35. The highest BCUT2D eigenvalue weighted by molar-refractivity contribution is 5.78. The Morgan fingerprint density at radius 3 is 2.64 bits per heavy atom. The van der Waals surface area contributed by atoms with Crippen LogP contribution in [0.4, 0.5) is 5.69 Å². The van der Waals surface area contributed by atoms with Gasteiger partial charge in [0.15, 0.2) is 0 Å². The molecule has 3 aromatic heterocycles. The molecule has 5 heteroatoms. The SMILES string of the molecule is c1cncc(-c2ccn3ncc(N4CCN(CC5CC5)CC4)c3c2)c1. The highest BCUT2D eigenvalue weighted by atomic mass is 15.3. The van der Waals surface area contributed by atoms with Gasteiger partial charge in [0.25, 0.3) is 0 Å². The summed E-state index contributed by atoms with van der Waals surface area (Å²) in [6.45, 7) is 5.80. The first-order chi connectivity index (χ1) is 12.4. The normalized spacial score (nSPS) is 18.8. The van der Waals surface area contributed by atoms with E-state index in [1.54, 1.807) is 0 Å². The molecule has 1 aliphatic heterocycles. The van der Waals surface area contributed by atoms with Gasteiger partial charge in [0.05, 0.1) is 17.4 Å². The molecule has 0 aromatic carbocycles. The molecule has 1 aliphatic carbocycles. The van der Waals surface area contributed by atoms with E-state index in [2.05, 4.69) is 38.1 Å². The Morgan fingerprint density at radius 2 is 1.88 bits per heavy atom. The van der Waals surface area contributed by atoms with Crippen LogP contribution < -0.4 is 4.90 Å². The molecule has 0 N–H and O–H groups in total. The second-order valence-electron chi connectivity index (χ2n) is 7.25. The van der Waals surface area contributed by atoms with Gasteiger partial charge in [0.1, 0.15) is 0 Å². The second-order valence-corrected chi connectivity index (χ2v) is 7.25. The van der Waals surface area contributed by atoms with Crippen LogP contribution in [-0.2, 0) is 0 Å². The van der Waals surface area contributed by atoms with Gasteiger partial charge in [0, 0.05) is 56.9 Å². The first kappa shape index (κ1) is 14.9. The van der Waals surface area contributed by atoms with Crippen molar-refractivity contribution in [1.82, 2.24) is 19.5 Å². The number of hydrogen-bond donors (Lipinski definition) is 0. The number of fused-ring (bicyclic) bond motifs is 1. The molecule has 1 saturated heterocycles. The van der Waals surface area contributed by atoms with E-state index in [1.807, 2.05) is 35.4 Å². The first-order valence-electron chi connectivity index (χ1n) is 9.22. The largest absolute Gasteiger partial charge is 0.366 e. The van der Waals surface area contributed by atoms with Crippen molar-refractivity contribution >= 4 is 11.2 Å². The van der Waals surface area contributed by atoms with Gasteiger partial charge >= 0.3 is 0 Å². The number of rotatable bonds is 4. The molecule has 2 aliphatic rings. The number of nitrogens with zero attached hydrogens (tertiary/aromatic N) is 5. The molecular formula is C20H23N5. The van der Waals surface area contributed by atoms with E-state index in [9.17, 15) is 0 Å². The lowest BCUT2D eigenvalue weighted by molar-refractivity contribution is 0.248. The Morgan fingerprint density at radius 1 is 1.00 bits per heavy atom. The summed E-state index contributed by atoms with van der Waals surface area (Å²) in [6, 6.07) is 8.42. The maximum absolute atomic E-state index is 4.55. The van der Waals surface area contributed by atoms with Gasteiger partial charge < -0.3 is 4.90 Å². The molecule has 25 heavy (non-hydrogen) atoms. The van der Waals surface area contributed by atoms with E-state index >= 15 is 0 Å². The fraction of sp³-hybridized carbons (Fsp3) is 0.400. The number of anilines is 1. The summed E-state index contributed by atoms with van der Waals surface area (Å²) in [7, 11) is 0. The number of hydrogen-bond acceptors (Lipinski definition) is 4. The molecule has 5 rings (SSSR count). The van der Waals surface area contributed by atoms with Crippen molar-refractivity contribution in [3.8, 4) is 11.1 Å². The van der Waals surface area contributed by atoms with E-state index < -0.39 is 0 Å². The van der Waals surface area contributed by atoms with Gasteiger partial charge in [-0.3, -0.25) is 9.88 Å². The molecule has 128 valence electrons. The molecule has 0 bridgehead atoms. The zero-order chi connectivity index (χ0) is 16.6. The Balaban J connectivity index is 1.40. The minimum atomic E-state index is 0.977. The minimum Gasteiger partial charge on any atom is -0.366 e. The number of pyridine rings is 2. The van der Waals surface area contributed by atoms with Gasteiger partial charge in [0.2, 0.25) is 0 Å². The third-order valence-electron chi connectivity index (χ3n) is 5.42. The van der Waals surface area contributed by atoms with Crippen LogP contribution in [0.1, 0.15) is 12.8 Å². The van der Waals surface area contributed by atoms with Crippen molar-refractivity contribution in [2.75, 3.05) is 37.6 Å². The van der Waals surface area contributed by atoms with Gasteiger partial charge in [-0.15, -0.1) is 0 Å². The average Bonchev–Trinajstić information content (AvgIpc) is 3.39. The zero-order valence-electron chi connectivity index (χ0n) is 14.4. The second kappa shape index (κ2) is 6.15. The highest BCUT2D eigenvalue weighted by Crippen LogP contribution is 2.31. The standard InChI is InChI=1S/C20H23N5/c1-2-18(13-21-6-1)17-5-7-25-19(12-17)20(14-22-25)24-10-8-23(9-11-24)15-16-3-4-16/h1-2,5-7,12-14,16H,3-4,8-11,15H2. The molecule has 3 aromatic rings. The molecule has 2 fully saturated rings. The van der Waals surface area contributed by atoms with E-state index in [-0.39, 0.29) is 0 Å². The molecule has 0 radical (unpaired) electrons. The Labute approximate surface area is 147 Å². The van der Waals surface area contributed by atoms with E-state index in [0.29, 0.717) is 0 Å². The van der Waals surface area contributed by atoms with Crippen LogP contribution in [0.3, 0.4) is 0 Å². The van der Waals surface area contributed by atoms with Crippen LogP contribution in [0.2, 0.25) is 0 Å². The summed E-state index contributed by atoms with van der Waals surface area (Å²) >= 11 is 0. The Hall–Kier alpha value is -2.40. The van der Waals surface area contributed by atoms with Crippen LogP contribution in [0, 0.1) is 5.92 Å². The van der Waals surface area contributed by atoms with Crippen molar-refractivity contribution in [2.45, 2.75) is 12.8 Å². The number of aromatic nitrogens is 3. The van der Waals surface area contributed by atoms with Gasteiger partial charge in [-0.25, -0.2) is 4.52 Å². The predicted molar refractivity (Wildman–Crippen MR) is 99.8 cm³/mol. The average molecular weight is 333 g/mol. The van der Waals surface area contributed by atoms with Crippen molar-refractivity contribution in [3.05, 3.63) is 49.1 Å². The highest BCUT2D eigenvalue weighted by Gasteiger charge is 2.27. The Bertz CT molecular complexity index is 860. The lowest BCUT2D eigenvalue weighted by Crippen LogP contribution is -2.47. The molecule has 0 amide bonds. The van der Waals surface area contributed by atoms with Crippen LogP contribution in [0.25, 0.3) is 16.6 Å². The maximum Gasteiger partial charge on any atom is 0.0901 e. The topological polar surface area (TPSA) is 36.7 Å². The molecule has 0 atom stereocenters. The van der Waals surface area contributed by atoms with Crippen LogP contribution in [0.5, 0.6) is 0 Å². The first-order valence-corrected chi connectivity index (χ1v) is 9.22. The van der Waals surface area contributed by atoms with Gasteiger partial charge in [-0.05, 0) is 42.5 Å². The summed E-state index contributed by atoms with van der Waals surface area (Å²) < 4.78 is 1.98. The summed E-state index contributed by atoms with van der Waals surface area (Å²) in [5.74, 6) is 0.977. The third-order valence-corrected chi connectivity index (χ3v) is 5.42. The number of piperazine rings is 1. The van der Waals surface area contributed by atoms with Gasteiger partial charge in [-0.1, -0.05) is 6.07 Å². The lowest BCUT2D eigenvalue weighted by atomic mass is 10.1. The zero-order valence-corrected chi connectivity index (χ0v) is 14.4. The molecule has 1 saturated carbocycles. The van der Waals surface area contributed by atoms with Crippen molar-refractivity contribution in [3.63, 3.8) is 0 Å². The molecular weight excluding hydrogens is 310 g/mol. The summed E-state index contributed by atoms with van der Waals surface area (Å²) in [5, 5.41) is 4.55. The maximum atomic E-state index is 4.55. The monoisotopic (exact) mass is 333 g/mol. The van der Waals surface area contributed by atoms with Crippen molar-refractivity contribution in [2.24, 2.45) is 5.92 Å². The minimum absolute atomic E-state index is 0.977. The molecule has 4 heterocycles. The predicted octanol–water partition coefficient (Wildman–Crippen LogP) is 2.93. The van der Waals surface area contributed by atoms with E-state index in [0.717, 1.165) is 37.7 Å². The van der Waals surface area contributed by atoms with E-state index in [1.165, 1.54) is 36.2 Å². The van der Waals surface area contributed by atoms with Crippen LogP contribution in [-0.4, -0.2) is 52.2 Å². The van der Waals surface area contributed by atoms with E-state index in [4.69, 9.17) is 0 Å². The van der Waals surface area contributed by atoms with Crippen molar-refractivity contribution in [1.29, 1.82) is 0 Å². The summed E-state index contributed by atoms with van der Waals surface area (Å²) in [5.41, 5.74) is 4.76. The molecule has 5 nitrogen and oxygen atoms in total. The Kier molecular flexibility index (Phi) is 3.67. The van der Waals surface area contributed by atoms with Gasteiger partial charge in [-0.2, -0.15) is 5.10 Å². The smallest absolute Gasteiger partial charge is 0.0901 e. The third kappa shape index (κ3) is 3.00. The molecule has 0 spiro atoms.